The molecule has 2 atom stereocenters. The van der Waals surface area contributed by atoms with Crippen LogP contribution < -0.4 is 0 Å². The number of rotatable bonds is 1. The molecule has 0 heterocycles. The molecule has 1 rings (SSSR count). The zero-order valence-electron chi connectivity index (χ0n) is 5.97. The summed E-state index contributed by atoms with van der Waals surface area (Å²) in [6.45, 7) is 0. The Labute approximate surface area is 65.5 Å². The fraction of sp³-hybridized carbons (Fsp3) is 0.857. The normalized spacial score (nSPS) is 34.4. The van der Waals surface area contributed by atoms with Crippen LogP contribution in [-0.4, -0.2) is 24.4 Å². The van der Waals surface area contributed by atoms with Crippen LogP contribution in [0.2, 0.25) is 0 Å². The minimum atomic E-state index is -0.258. The second-order valence-electron chi connectivity index (χ2n) is 2.57. The molecule has 1 aliphatic carbocycles. The van der Waals surface area contributed by atoms with Crippen LogP contribution in [0.1, 0.15) is 19.3 Å². The summed E-state index contributed by atoms with van der Waals surface area (Å²) < 4.78 is 5.03. The zero-order chi connectivity index (χ0) is 7.56. The van der Waals surface area contributed by atoms with E-state index in [0.717, 1.165) is 12.8 Å². The highest BCUT2D eigenvalue weighted by Gasteiger charge is 2.26. The zero-order valence-corrected chi connectivity index (χ0v) is 6.73. The highest BCUT2D eigenvalue weighted by Crippen LogP contribution is 2.21. The van der Waals surface area contributed by atoms with Crippen molar-refractivity contribution in [2.24, 2.45) is 0 Å². The average Bonchev–Trinajstić information content (AvgIpc) is 1.95. The molecule has 2 unspecified atom stereocenters. The van der Waals surface area contributed by atoms with E-state index in [1.54, 1.807) is 7.11 Å². The molecular weight excluding hydrogens is 152 g/mol. The van der Waals surface area contributed by atoms with E-state index in [0.29, 0.717) is 6.42 Å². The third-order valence-electron chi connectivity index (χ3n) is 1.85. The van der Waals surface area contributed by atoms with Crippen LogP contribution in [-0.2, 0) is 9.53 Å². The monoisotopic (exact) mass is 162 g/mol. The highest BCUT2D eigenvalue weighted by atomic mass is 35.5. The number of Topliss-reactive ketones (excluding diaryl/α,β-unsaturated/α-hetero) is 1. The van der Waals surface area contributed by atoms with Gasteiger partial charge < -0.3 is 4.74 Å². The van der Waals surface area contributed by atoms with Crippen LogP contribution in [0.25, 0.3) is 0 Å². The molecule has 0 radical (unpaired) electrons. The molecule has 1 aliphatic rings. The number of methoxy groups -OCH3 is 1. The van der Waals surface area contributed by atoms with Gasteiger partial charge in [-0.1, -0.05) is 0 Å². The van der Waals surface area contributed by atoms with Crippen LogP contribution in [0, 0.1) is 0 Å². The van der Waals surface area contributed by atoms with Crippen molar-refractivity contribution in [1.82, 2.24) is 0 Å². The summed E-state index contributed by atoms with van der Waals surface area (Å²) in [7, 11) is 1.63. The van der Waals surface area contributed by atoms with Crippen molar-refractivity contribution in [2.45, 2.75) is 30.7 Å². The number of carbonyl (C=O) groups is 1. The number of carbonyl (C=O) groups excluding carboxylic acids is 1. The first kappa shape index (κ1) is 8.02. The molecule has 0 bridgehead atoms. The maximum Gasteiger partial charge on any atom is 0.153 e. The van der Waals surface area contributed by atoms with Crippen molar-refractivity contribution in [2.75, 3.05) is 7.11 Å². The molecule has 58 valence electrons. The summed E-state index contributed by atoms with van der Waals surface area (Å²) in [5.74, 6) is 0.125. The number of hydrogen-bond acceptors (Lipinski definition) is 2. The number of alkyl halides is 1. The van der Waals surface area contributed by atoms with Gasteiger partial charge in [-0.3, -0.25) is 4.79 Å². The molecule has 3 heteroatoms. The number of halogens is 1. The van der Waals surface area contributed by atoms with Crippen LogP contribution in [0.4, 0.5) is 0 Å². The van der Waals surface area contributed by atoms with Crippen LogP contribution in [0.15, 0.2) is 0 Å². The molecule has 0 saturated heterocycles. The first-order valence-electron chi connectivity index (χ1n) is 3.43. The summed E-state index contributed by atoms with van der Waals surface area (Å²) in [5.41, 5.74) is 0. The summed E-state index contributed by atoms with van der Waals surface area (Å²) in [6, 6.07) is 0. The average molecular weight is 163 g/mol. The van der Waals surface area contributed by atoms with Crippen LogP contribution in [0.5, 0.6) is 0 Å². The molecule has 0 aromatic carbocycles. The summed E-state index contributed by atoms with van der Waals surface area (Å²) in [5, 5.41) is -0.258. The van der Waals surface area contributed by atoms with Crippen molar-refractivity contribution in [1.29, 1.82) is 0 Å². The predicted molar refractivity (Wildman–Crippen MR) is 39.3 cm³/mol. The van der Waals surface area contributed by atoms with E-state index in [1.165, 1.54) is 0 Å². The standard InChI is InChI=1S/C7H11ClO2/c1-10-5-2-3-6(8)7(9)4-5/h5-6H,2-4H2,1H3. The second-order valence-corrected chi connectivity index (χ2v) is 3.10. The largest absolute Gasteiger partial charge is 0.381 e. The molecule has 0 spiro atoms. The van der Waals surface area contributed by atoms with Gasteiger partial charge in [0.25, 0.3) is 0 Å². The van der Waals surface area contributed by atoms with Gasteiger partial charge in [-0.15, -0.1) is 11.6 Å². The van der Waals surface area contributed by atoms with Gasteiger partial charge in [0.2, 0.25) is 0 Å². The van der Waals surface area contributed by atoms with E-state index in [-0.39, 0.29) is 17.3 Å². The van der Waals surface area contributed by atoms with Crippen molar-refractivity contribution in [3.63, 3.8) is 0 Å². The third kappa shape index (κ3) is 1.70. The Morgan fingerprint density at radius 2 is 2.30 bits per heavy atom. The Bertz CT molecular complexity index is 136. The van der Waals surface area contributed by atoms with E-state index in [9.17, 15) is 4.79 Å². The van der Waals surface area contributed by atoms with Gasteiger partial charge >= 0.3 is 0 Å². The molecule has 0 N–H and O–H groups in total. The summed E-state index contributed by atoms with van der Waals surface area (Å²) in [6.07, 6.45) is 2.28. The lowest BCUT2D eigenvalue weighted by Crippen LogP contribution is -2.29. The molecule has 0 aliphatic heterocycles. The lowest BCUT2D eigenvalue weighted by Gasteiger charge is -2.22. The minimum Gasteiger partial charge on any atom is -0.381 e. The molecule has 1 fully saturated rings. The van der Waals surface area contributed by atoms with E-state index in [2.05, 4.69) is 0 Å². The first-order valence-corrected chi connectivity index (χ1v) is 3.87. The molecule has 0 aromatic rings. The lowest BCUT2D eigenvalue weighted by molar-refractivity contribution is -0.123. The topological polar surface area (TPSA) is 26.3 Å². The van der Waals surface area contributed by atoms with Crippen molar-refractivity contribution >= 4 is 17.4 Å². The quantitative estimate of drug-likeness (QED) is 0.545. The van der Waals surface area contributed by atoms with E-state index in [1.807, 2.05) is 0 Å². The summed E-state index contributed by atoms with van der Waals surface area (Å²) in [4.78, 5) is 11.0. The summed E-state index contributed by atoms with van der Waals surface area (Å²) >= 11 is 5.68. The van der Waals surface area contributed by atoms with Crippen LogP contribution in [0.3, 0.4) is 0 Å². The number of hydrogen-bond donors (Lipinski definition) is 0. The Kier molecular flexibility index (Phi) is 2.69. The molecule has 0 amide bonds. The Morgan fingerprint density at radius 3 is 2.80 bits per heavy atom. The van der Waals surface area contributed by atoms with Gasteiger partial charge in [-0.2, -0.15) is 0 Å². The molecule has 0 aromatic heterocycles. The SMILES string of the molecule is COC1CCC(Cl)C(=O)C1. The number of ketones is 1. The van der Waals surface area contributed by atoms with E-state index in [4.69, 9.17) is 16.3 Å². The minimum absolute atomic E-state index is 0.113. The smallest absolute Gasteiger partial charge is 0.153 e. The van der Waals surface area contributed by atoms with Gasteiger partial charge in [0.1, 0.15) is 0 Å². The predicted octanol–water partition coefficient (Wildman–Crippen LogP) is 1.36. The fourth-order valence-corrected chi connectivity index (χ4v) is 1.36. The molecular formula is C7H11ClO2. The van der Waals surface area contributed by atoms with Gasteiger partial charge in [0.15, 0.2) is 5.78 Å². The molecule has 2 nitrogen and oxygen atoms in total. The van der Waals surface area contributed by atoms with Gasteiger partial charge in [0.05, 0.1) is 11.5 Å². The second kappa shape index (κ2) is 3.35. The third-order valence-corrected chi connectivity index (χ3v) is 2.32. The lowest BCUT2D eigenvalue weighted by atomic mass is 9.96. The van der Waals surface area contributed by atoms with Crippen LogP contribution >= 0.6 is 11.6 Å². The van der Waals surface area contributed by atoms with Crippen molar-refractivity contribution < 1.29 is 9.53 Å². The molecule has 1 saturated carbocycles. The fourth-order valence-electron chi connectivity index (χ4n) is 1.15. The van der Waals surface area contributed by atoms with E-state index >= 15 is 0 Å². The molecule has 10 heavy (non-hydrogen) atoms. The Hall–Kier alpha value is -0.0800. The Balaban J connectivity index is 2.41. The van der Waals surface area contributed by atoms with E-state index < -0.39 is 0 Å². The van der Waals surface area contributed by atoms with Crippen molar-refractivity contribution in [3.8, 4) is 0 Å². The van der Waals surface area contributed by atoms with Gasteiger partial charge in [0, 0.05) is 13.5 Å². The van der Waals surface area contributed by atoms with Gasteiger partial charge in [-0.05, 0) is 12.8 Å². The maximum absolute atomic E-state index is 11.0. The highest BCUT2D eigenvalue weighted by molar-refractivity contribution is 6.31. The first-order chi connectivity index (χ1) is 4.74. The van der Waals surface area contributed by atoms with Gasteiger partial charge in [-0.25, -0.2) is 0 Å². The Morgan fingerprint density at radius 1 is 1.60 bits per heavy atom. The maximum atomic E-state index is 11.0. The van der Waals surface area contributed by atoms with Crippen molar-refractivity contribution in [3.05, 3.63) is 0 Å². The number of ether oxygens (including phenoxy) is 1.